The number of hydrogen-bond donors (Lipinski definition) is 2. The van der Waals surface area contributed by atoms with E-state index in [1.807, 2.05) is 38.1 Å². The number of aromatic hydroxyl groups is 1. The summed E-state index contributed by atoms with van der Waals surface area (Å²) in [5.74, 6) is 0.687. The summed E-state index contributed by atoms with van der Waals surface area (Å²) in [6.45, 7) is 5.04. The molecule has 0 unspecified atom stereocenters. The van der Waals surface area contributed by atoms with Gasteiger partial charge >= 0.3 is 0 Å². The van der Waals surface area contributed by atoms with Gasteiger partial charge in [-0.3, -0.25) is 4.98 Å². The maximum atomic E-state index is 9.63. The standard InChI is InChI=1S/C15H18N2O2/c1-3-19-15-8-12(5-7-14(15)18)9-17-13-6-4-11(2)16-10-13/h4-8,10,17-18H,3,9H2,1-2H3. The molecule has 0 aliphatic carbocycles. The molecular formula is C15H18N2O2. The van der Waals surface area contributed by atoms with Gasteiger partial charge < -0.3 is 15.2 Å². The van der Waals surface area contributed by atoms with Crippen LogP contribution in [0.3, 0.4) is 0 Å². The van der Waals surface area contributed by atoms with E-state index in [-0.39, 0.29) is 5.75 Å². The summed E-state index contributed by atoms with van der Waals surface area (Å²) in [6.07, 6.45) is 1.80. The van der Waals surface area contributed by atoms with Gasteiger partial charge in [0.2, 0.25) is 0 Å². The van der Waals surface area contributed by atoms with E-state index in [9.17, 15) is 5.11 Å². The van der Waals surface area contributed by atoms with Crippen molar-refractivity contribution in [1.29, 1.82) is 0 Å². The molecule has 0 saturated carbocycles. The van der Waals surface area contributed by atoms with E-state index < -0.39 is 0 Å². The molecule has 19 heavy (non-hydrogen) atoms. The minimum absolute atomic E-state index is 0.169. The Morgan fingerprint density at radius 2 is 2.11 bits per heavy atom. The highest BCUT2D eigenvalue weighted by Gasteiger charge is 2.03. The number of nitrogens with zero attached hydrogens (tertiary/aromatic N) is 1. The zero-order chi connectivity index (χ0) is 13.7. The van der Waals surface area contributed by atoms with Crippen LogP contribution in [0.15, 0.2) is 36.5 Å². The van der Waals surface area contributed by atoms with Crippen LogP contribution in [-0.2, 0) is 6.54 Å². The molecule has 1 heterocycles. The number of ether oxygens (including phenoxy) is 1. The highest BCUT2D eigenvalue weighted by Crippen LogP contribution is 2.27. The van der Waals surface area contributed by atoms with Crippen LogP contribution < -0.4 is 10.1 Å². The van der Waals surface area contributed by atoms with E-state index in [2.05, 4.69) is 10.3 Å². The number of pyridine rings is 1. The second-order valence-corrected chi connectivity index (χ2v) is 4.28. The van der Waals surface area contributed by atoms with Gasteiger partial charge in [-0.25, -0.2) is 0 Å². The highest BCUT2D eigenvalue weighted by atomic mass is 16.5. The summed E-state index contributed by atoms with van der Waals surface area (Å²) < 4.78 is 5.35. The monoisotopic (exact) mass is 258 g/mol. The fourth-order valence-electron chi connectivity index (χ4n) is 1.72. The van der Waals surface area contributed by atoms with E-state index >= 15 is 0 Å². The van der Waals surface area contributed by atoms with E-state index in [0.29, 0.717) is 18.9 Å². The number of benzene rings is 1. The third-order valence-corrected chi connectivity index (χ3v) is 2.73. The van der Waals surface area contributed by atoms with Crippen LogP contribution in [0.2, 0.25) is 0 Å². The molecule has 2 rings (SSSR count). The first-order valence-electron chi connectivity index (χ1n) is 6.30. The molecule has 0 amide bonds. The first kappa shape index (κ1) is 13.2. The van der Waals surface area contributed by atoms with E-state index in [1.165, 1.54) is 0 Å². The van der Waals surface area contributed by atoms with Crippen LogP contribution >= 0.6 is 0 Å². The predicted octanol–water partition coefficient (Wildman–Crippen LogP) is 3.11. The normalized spacial score (nSPS) is 10.2. The van der Waals surface area contributed by atoms with Gasteiger partial charge in [-0.1, -0.05) is 6.07 Å². The lowest BCUT2D eigenvalue weighted by Gasteiger charge is -2.10. The Morgan fingerprint density at radius 3 is 2.79 bits per heavy atom. The molecule has 0 spiro atoms. The SMILES string of the molecule is CCOc1cc(CNc2ccc(C)nc2)ccc1O. The molecule has 100 valence electrons. The van der Waals surface area contributed by atoms with Crippen LogP contribution in [0.1, 0.15) is 18.2 Å². The van der Waals surface area contributed by atoms with E-state index in [0.717, 1.165) is 16.9 Å². The number of phenolic OH excluding ortho intramolecular Hbond substituents is 1. The fraction of sp³-hybridized carbons (Fsp3) is 0.267. The molecule has 0 atom stereocenters. The van der Waals surface area contributed by atoms with Crippen LogP contribution in [0, 0.1) is 6.92 Å². The van der Waals surface area contributed by atoms with Gasteiger partial charge in [0.1, 0.15) is 0 Å². The molecule has 4 nitrogen and oxygen atoms in total. The van der Waals surface area contributed by atoms with Crippen molar-refractivity contribution >= 4 is 5.69 Å². The number of phenols is 1. The topological polar surface area (TPSA) is 54.4 Å². The van der Waals surface area contributed by atoms with Crippen LogP contribution in [0.5, 0.6) is 11.5 Å². The largest absolute Gasteiger partial charge is 0.504 e. The molecule has 2 aromatic rings. The Labute approximate surface area is 113 Å². The lowest BCUT2D eigenvalue weighted by molar-refractivity contribution is 0.318. The summed E-state index contributed by atoms with van der Waals surface area (Å²) in [7, 11) is 0. The van der Waals surface area contributed by atoms with Crippen molar-refractivity contribution in [3.63, 3.8) is 0 Å². The number of anilines is 1. The molecule has 0 radical (unpaired) electrons. The van der Waals surface area contributed by atoms with Gasteiger partial charge in [0.25, 0.3) is 0 Å². The second-order valence-electron chi connectivity index (χ2n) is 4.28. The maximum Gasteiger partial charge on any atom is 0.161 e. The summed E-state index contributed by atoms with van der Waals surface area (Å²) in [6, 6.07) is 9.31. The first-order chi connectivity index (χ1) is 9.19. The van der Waals surface area contributed by atoms with Gasteiger partial charge in [-0.05, 0) is 43.7 Å². The zero-order valence-corrected chi connectivity index (χ0v) is 11.2. The summed E-state index contributed by atoms with van der Waals surface area (Å²) >= 11 is 0. The van der Waals surface area contributed by atoms with Gasteiger partial charge in [0.15, 0.2) is 11.5 Å². The van der Waals surface area contributed by atoms with Crippen LogP contribution in [0.25, 0.3) is 0 Å². The average Bonchev–Trinajstić information content (AvgIpc) is 2.42. The van der Waals surface area contributed by atoms with Crippen molar-refractivity contribution in [3.05, 3.63) is 47.8 Å². The highest BCUT2D eigenvalue weighted by molar-refractivity contribution is 5.45. The minimum atomic E-state index is 0.169. The smallest absolute Gasteiger partial charge is 0.161 e. The number of aromatic nitrogens is 1. The first-order valence-corrected chi connectivity index (χ1v) is 6.30. The third kappa shape index (κ3) is 3.61. The van der Waals surface area contributed by atoms with Gasteiger partial charge in [-0.15, -0.1) is 0 Å². The van der Waals surface area contributed by atoms with Crippen molar-refractivity contribution in [2.45, 2.75) is 20.4 Å². The molecule has 0 aliphatic heterocycles. The number of rotatable bonds is 5. The lowest BCUT2D eigenvalue weighted by atomic mass is 10.2. The molecule has 2 N–H and O–H groups in total. The Bertz CT molecular complexity index is 538. The fourth-order valence-corrected chi connectivity index (χ4v) is 1.72. The molecule has 0 fully saturated rings. The average molecular weight is 258 g/mol. The third-order valence-electron chi connectivity index (χ3n) is 2.73. The van der Waals surface area contributed by atoms with Gasteiger partial charge in [0.05, 0.1) is 18.5 Å². The number of hydrogen-bond acceptors (Lipinski definition) is 4. The molecule has 4 heteroatoms. The number of nitrogens with one attached hydrogen (secondary N) is 1. The molecule has 1 aromatic carbocycles. The Kier molecular flexibility index (Phi) is 4.23. The van der Waals surface area contributed by atoms with Crippen molar-refractivity contribution in [1.82, 2.24) is 4.98 Å². The zero-order valence-electron chi connectivity index (χ0n) is 11.2. The summed E-state index contributed by atoms with van der Waals surface area (Å²) in [5, 5.41) is 12.9. The molecule has 0 saturated heterocycles. The van der Waals surface area contributed by atoms with Crippen LogP contribution in [0.4, 0.5) is 5.69 Å². The molecule has 0 bridgehead atoms. The van der Waals surface area contributed by atoms with Crippen molar-refractivity contribution < 1.29 is 9.84 Å². The quantitative estimate of drug-likeness (QED) is 0.865. The molecule has 0 aliphatic rings. The van der Waals surface area contributed by atoms with Crippen LogP contribution in [-0.4, -0.2) is 16.7 Å². The molecule has 1 aromatic heterocycles. The van der Waals surface area contributed by atoms with E-state index in [1.54, 1.807) is 12.3 Å². The van der Waals surface area contributed by atoms with Crippen molar-refractivity contribution in [2.75, 3.05) is 11.9 Å². The van der Waals surface area contributed by atoms with Crippen molar-refractivity contribution in [2.24, 2.45) is 0 Å². The minimum Gasteiger partial charge on any atom is -0.504 e. The van der Waals surface area contributed by atoms with E-state index in [4.69, 9.17) is 4.74 Å². The predicted molar refractivity (Wildman–Crippen MR) is 75.6 cm³/mol. The second kappa shape index (κ2) is 6.09. The van der Waals surface area contributed by atoms with Crippen molar-refractivity contribution in [3.8, 4) is 11.5 Å². The Hall–Kier alpha value is -2.23. The Balaban J connectivity index is 2.03. The summed E-state index contributed by atoms with van der Waals surface area (Å²) in [5.41, 5.74) is 3.01. The van der Waals surface area contributed by atoms with Gasteiger partial charge in [-0.2, -0.15) is 0 Å². The number of aryl methyl sites for hydroxylation is 1. The van der Waals surface area contributed by atoms with Gasteiger partial charge in [0, 0.05) is 12.2 Å². The maximum absolute atomic E-state index is 9.63. The lowest BCUT2D eigenvalue weighted by Crippen LogP contribution is -2.01. The summed E-state index contributed by atoms with van der Waals surface area (Å²) in [4.78, 5) is 4.23. The Morgan fingerprint density at radius 1 is 1.26 bits per heavy atom. The molecular weight excluding hydrogens is 240 g/mol.